The van der Waals surface area contributed by atoms with Gasteiger partial charge in [0.1, 0.15) is 0 Å². The molecule has 0 atom stereocenters. The molecule has 5 heteroatoms. The van der Waals surface area contributed by atoms with Gasteiger partial charge >= 0.3 is 0 Å². The Hall–Kier alpha value is -2.50. The summed E-state index contributed by atoms with van der Waals surface area (Å²) in [6, 6.07) is 18.1. The average Bonchev–Trinajstić information content (AvgIpc) is 2.74. The summed E-state index contributed by atoms with van der Waals surface area (Å²) in [6.07, 6.45) is 0.774. The molecular formula is C24H31N3O2. The van der Waals surface area contributed by atoms with E-state index in [0.717, 1.165) is 45.0 Å². The predicted molar refractivity (Wildman–Crippen MR) is 117 cm³/mol. The normalized spacial score (nSPS) is 15.9. The molecule has 1 fully saturated rings. The number of nitrogens with one attached hydrogen (secondary N) is 1. The summed E-state index contributed by atoms with van der Waals surface area (Å²) in [6.45, 7) is 10.7. The summed E-state index contributed by atoms with van der Waals surface area (Å²) in [5.74, 6) is -0.181. The van der Waals surface area contributed by atoms with E-state index in [1.165, 1.54) is 11.1 Å². The van der Waals surface area contributed by atoms with E-state index in [4.69, 9.17) is 4.74 Å². The highest BCUT2D eigenvalue weighted by Gasteiger charge is 2.21. The molecule has 1 aliphatic rings. The molecule has 1 aliphatic heterocycles. The summed E-state index contributed by atoms with van der Waals surface area (Å²) in [7, 11) is 0. The van der Waals surface area contributed by atoms with Gasteiger partial charge in [0.25, 0.3) is 5.91 Å². The summed E-state index contributed by atoms with van der Waals surface area (Å²) in [5.41, 5.74) is 6.64. The highest BCUT2D eigenvalue weighted by atomic mass is 16.5. The smallest absolute Gasteiger partial charge is 0.271 e. The minimum Gasteiger partial charge on any atom is -0.379 e. The topological polar surface area (TPSA) is 53.9 Å². The fraction of sp³-hybridized carbons (Fsp3) is 0.417. The van der Waals surface area contributed by atoms with Crippen molar-refractivity contribution < 1.29 is 9.53 Å². The largest absolute Gasteiger partial charge is 0.379 e. The molecule has 0 spiro atoms. The molecule has 29 heavy (non-hydrogen) atoms. The van der Waals surface area contributed by atoms with E-state index in [2.05, 4.69) is 41.4 Å². The first-order valence-corrected chi connectivity index (χ1v) is 10.2. The van der Waals surface area contributed by atoms with Crippen LogP contribution in [0.1, 0.15) is 48.7 Å². The highest BCUT2D eigenvalue weighted by Crippen LogP contribution is 2.27. The van der Waals surface area contributed by atoms with Gasteiger partial charge in [-0.3, -0.25) is 9.69 Å². The second-order valence-electron chi connectivity index (χ2n) is 8.30. The Morgan fingerprint density at radius 3 is 2.38 bits per heavy atom. The number of amides is 1. The molecule has 154 valence electrons. The van der Waals surface area contributed by atoms with E-state index in [1.54, 1.807) is 0 Å². The Bertz CT molecular complexity index is 823. The number of benzene rings is 2. The SMILES string of the molecule is C/C(CC(C)(C)c1ccccc1)=N\NC(=O)c1ccc(CN2CCOCC2)cc1. The molecule has 0 radical (unpaired) electrons. The zero-order valence-corrected chi connectivity index (χ0v) is 17.6. The Balaban J connectivity index is 1.54. The van der Waals surface area contributed by atoms with Crippen molar-refractivity contribution in [3.63, 3.8) is 0 Å². The van der Waals surface area contributed by atoms with Gasteiger partial charge in [-0.25, -0.2) is 5.43 Å². The number of hydrogen-bond donors (Lipinski definition) is 1. The summed E-state index contributed by atoms with van der Waals surface area (Å²) in [4.78, 5) is 14.8. The number of rotatable bonds is 7. The number of carbonyl (C=O) groups is 1. The molecule has 0 aromatic heterocycles. The van der Waals surface area contributed by atoms with Crippen molar-refractivity contribution in [2.75, 3.05) is 26.3 Å². The maximum Gasteiger partial charge on any atom is 0.271 e. The van der Waals surface area contributed by atoms with Crippen LogP contribution < -0.4 is 5.43 Å². The van der Waals surface area contributed by atoms with Gasteiger partial charge in [-0.2, -0.15) is 5.10 Å². The second-order valence-corrected chi connectivity index (χ2v) is 8.30. The predicted octanol–water partition coefficient (Wildman–Crippen LogP) is 3.99. The van der Waals surface area contributed by atoms with Crippen LogP contribution >= 0.6 is 0 Å². The lowest BCUT2D eigenvalue weighted by molar-refractivity contribution is 0.0342. The molecule has 1 N–H and O–H groups in total. The summed E-state index contributed by atoms with van der Waals surface area (Å²) < 4.78 is 5.38. The standard InChI is InChI=1S/C24H31N3O2/c1-19(17-24(2,3)22-7-5-4-6-8-22)25-26-23(28)21-11-9-20(10-12-21)18-27-13-15-29-16-14-27/h4-12H,13-18H2,1-3H3,(H,26,28)/b25-19+. The van der Waals surface area contributed by atoms with Gasteiger partial charge in [0.2, 0.25) is 0 Å². The summed E-state index contributed by atoms with van der Waals surface area (Å²) in [5, 5.41) is 4.32. The fourth-order valence-electron chi connectivity index (χ4n) is 3.66. The quantitative estimate of drug-likeness (QED) is 0.572. The maximum atomic E-state index is 12.4. The zero-order valence-electron chi connectivity index (χ0n) is 17.6. The first-order valence-electron chi connectivity index (χ1n) is 10.2. The van der Waals surface area contributed by atoms with Gasteiger partial charge in [0.15, 0.2) is 0 Å². The number of nitrogens with zero attached hydrogens (tertiary/aromatic N) is 2. The number of carbonyl (C=O) groups excluding carboxylic acids is 1. The van der Waals surface area contributed by atoms with Crippen LogP contribution in [0, 0.1) is 0 Å². The Morgan fingerprint density at radius 1 is 1.07 bits per heavy atom. The zero-order chi connectivity index (χ0) is 20.7. The van der Waals surface area contributed by atoms with Gasteiger partial charge in [0.05, 0.1) is 13.2 Å². The van der Waals surface area contributed by atoms with Crippen molar-refractivity contribution >= 4 is 11.6 Å². The Kier molecular flexibility index (Phi) is 7.18. The van der Waals surface area contributed by atoms with Crippen molar-refractivity contribution in [2.45, 2.75) is 39.2 Å². The lowest BCUT2D eigenvalue weighted by Gasteiger charge is -2.26. The van der Waals surface area contributed by atoms with Crippen molar-refractivity contribution in [2.24, 2.45) is 5.10 Å². The van der Waals surface area contributed by atoms with Crippen LogP contribution in [0.5, 0.6) is 0 Å². The summed E-state index contributed by atoms with van der Waals surface area (Å²) >= 11 is 0. The third kappa shape index (κ3) is 6.24. The molecule has 0 saturated carbocycles. The minimum atomic E-state index is -0.181. The number of morpholine rings is 1. The average molecular weight is 394 g/mol. The van der Waals surface area contributed by atoms with Crippen LogP contribution in [-0.2, 0) is 16.7 Å². The van der Waals surface area contributed by atoms with Crippen LogP contribution in [-0.4, -0.2) is 42.8 Å². The molecule has 0 bridgehead atoms. The van der Waals surface area contributed by atoms with Crippen molar-refractivity contribution in [3.8, 4) is 0 Å². The monoisotopic (exact) mass is 393 g/mol. The van der Waals surface area contributed by atoms with E-state index < -0.39 is 0 Å². The molecule has 1 heterocycles. The van der Waals surface area contributed by atoms with E-state index in [0.29, 0.717) is 5.56 Å². The Labute approximate surface area is 173 Å². The van der Waals surface area contributed by atoms with Crippen molar-refractivity contribution in [1.82, 2.24) is 10.3 Å². The van der Waals surface area contributed by atoms with E-state index in [9.17, 15) is 4.79 Å². The highest BCUT2D eigenvalue weighted by molar-refractivity contribution is 5.95. The first-order chi connectivity index (χ1) is 13.9. The lowest BCUT2D eigenvalue weighted by atomic mass is 9.80. The van der Waals surface area contributed by atoms with Crippen LogP contribution in [0.25, 0.3) is 0 Å². The second kappa shape index (κ2) is 9.81. The van der Waals surface area contributed by atoms with E-state index >= 15 is 0 Å². The molecule has 3 rings (SSSR count). The maximum absolute atomic E-state index is 12.4. The molecule has 2 aromatic carbocycles. The molecule has 1 saturated heterocycles. The minimum absolute atomic E-state index is 0.0410. The first kappa shape index (κ1) is 21.2. The molecule has 0 unspecified atom stereocenters. The van der Waals surface area contributed by atoms with Crippen molar-refractivity contribution in [1.29, 1.82) is 0 Å². The van der Waals surface area contributed by atoms with Crippen LogP contribution in [0.4, 0.5) is 0 Å². The lowest BCUT2D eigenvalue weighted by Crippen LogP contribution is -2.35. The van der Waals surface area contributed by atoms with Crippen LogP contribution in [0.2, 0.25) is 0 Å². The van der Waals surface area contributed by atoms with Gasteiger partial charge in [-0.05, 0) is 42.0 Å². The molecule has 2 aromatic rings. The molecule has 5 nitrogen and oxygen atoms in total. The third-order valence-corrected chi connectivity index (χ3v) is 5.33. The number of hydrazone groups is 1. The van der Waals surface area contributed by atoms with Crippen molar-refractivity contribution in [3.05, 3.63) is 71.3 Å². The van der Waals surface area contributed by atoms with Crippen LogP contribution in [0.15, 0.2) is 59.7 Å². The molecule has 0 aliphatic carbocycles. The van der Waals surface area contributed by atoms with Gasteiger partial charge in [-0.15, -0.1) is 0 Å². The van der Waals surface area contributed by atoms with Gasteiger partial charge in [0, 0.05) is 30.9 Å². The van der Waals surface area contributed by atoms with E-state index in [-0.39, 0.29) is 11.3 Å². The van der Waals surface area contributed by atoms with E-state index in [1.807, 2.05) is 49.4 Å². The third-order valence-electron chi connectivity index (χ3n) is 5.33. The van der Waals surface area contributed by atoms with Gasteiger partial charge in [-0.1, -0.05) is 56.3 Å². The number of ether oxygens (including phenoxy) is 1. The number of hydrogen-bond acceptors (Lipinski definition) is 4. The van der Waals surface area contributed by atoms with Crippen LogP contribution in [0.3, 0.4) is 0 Å². The molecular weight excluding hydrogens is 362 g/mol. The Morgan fingerprint density at radius 2 is 1.72 bits per heavy atom. The van der Waals surface area contributed by atoms with Gasteiger partial charge < -0.3 is 4.74 Å². The molecule has 1 amide bonds. The fourth-order valence-corrected chi connectivity index (χ4v) is 3.66.